The number of rotatable bonds is 1. The first-order valence-electron chi connectivity index (χ1n) is 3.61. The Hall–Kier alpha value is -1.16. The topological polar surface area (TPSA) is 50.2 Å². The summed E-state index contributed by atoms with van der Waals surface area (Å²) in [6.07, 6.45) is 2.94. The summed E-state index contributed by atoms with van der Waals surface area (Å²) in [5, 5.41) is 8.72. The van der Waals surface area contributed by atoms with Gasteiger partial charge in [-0.1, -0.05) is 6.08 Å². The molecule has 0 saturated heterocycles. The van der Waals surface area contributed by atoms with Crippen LogP contribution in [0.2, 0.25) is 0 Å². The summed E-state index contributed by atoms with van der Waals surface area (Å²) >= 11 is 1.53. The van der Waals surface area contributed by atoms with Gasteiger partial charge in [-0.05, 0) is 0 Å². The van der Waals surface area contributed by atoms with Crippen LogP contribution >= 0.6 is 11.3 Å². The highest BCUT2D eigenvalue weighted by molar-refractivity contribution is 7.09. The van der Waals surface area contributed by atoms with Crippen molar-refractivity contribution in [2.45, 2.75) is 12.8 Å². The van der Waals surface area contributed by atoms with Crippen molar-refractivity contribution >= 4 is 17.3 Å². The molecule has 1 N–H and O–H groups in total. The summed E-state index contributed by atoms with van der Waals surface area (Å²) in [5.74, 6) is -0.811. The molecule has 12 heavy (non-hydrogen) atoms. The predicted molar refractivity (Wildman–Crippen MR) is 45.2 cm³/mol. The molecule has 0 bridgehead atoms. The third kappa shape index (κ3) is 1.14. The van der Waals surface area contributed by atoms with Gasteiger partial charge in [0.05, 0.1) is 11.2 Å². The largest absolute Gasteiger partial charge is 0.478 e. The summed E-state index contributed by atoms with van der Waals surface area (Å²) in [7, 11) is 0. The zero-order chi connectivity index (χ0) is 8.55. The number of nitrogens with zero attached hydrogens (tertiary/aromatic N) is 1. The fourth-order valence-corrected chi connectivity index (χ4v) is 2.05. The summed E-state index contributed by atoms with van der Waals surface area (Å²) in [4.78, 5) is 15.8. The van der Waals surface area contributed by atoms with Crippen LogP contribution in [0.25, 0.3) is 0 Å². The number of fused-ring (bicyclic) bond motifs is 1. The highest BCUT2D eigenvalue weighted by Gasteiger charge is 2.17. The average molecular weight is 181 g/mol. The second-order valence-corrected chi connectivity index (χ2v) is 3.58. The second-order valence-electron chi connectivity index (χ2n) is 2.64. The van der Waals surface area contributed by atoms with E-state index in [0.29, 0.717) is 18.4 Å². The van der Waals surface area contributed by atoms with Crippen LogP contribution in [0, 0.1) is 0 Å². The Kier molecular flexibility index (Phi) is 1.69. The molecule has 0 saturated carbocycles. The van der Waals surface area contributed by atoms with Crippen LogP contribution in [0.3, 0.4) is 0 Å². The van der Waals surface area contributed by atoms with Gasteiger partial charge < -0.3 is 5.11 Å². The van der Waals surface area contributed by atoms with Crippen LogP contribution in [0.4, 0.5) is 0 Å². The number of carboxylic acid groups (broad SMARTS) is 1. The number of aromatic nitrogens is 1. The fraction of sp³-hybridized carbons (Fsp3) is 0.250. The summed E-state index contributed by atoms with van der Waals surface area (Å²) < 4.78 is 0. The lowest BCUT2D eigenvalue weighted by atomic mass is 10.0. The van der Waals surface area contributed by atoms with Crippen molar-refractivity contribution in [3.05, 3.63) is 27.7 Å². The number of hydrogen-bond donors (Lipinski definition) is 1. The van der Waals surface area contributed by atoms with Gasteiger partial charge in [0, 0.05) is 23.3 Å². The van der Waals surface area contributed by atoms with Crippen molar-refractivity contribution in [3.8, 4) is 0 Å². The van der Waals surface area contributed by atoms with E-state index < -0.39 is 5.97 Å². The Labute approximate surface area is 73.4 Å². The van der Waals surface area contributed by atoms with E-state index >= 15 is 0 Å². The van der Waals surface area contributed by atoms with Crippen LogP contribution < -0.4 is 0 Å². The molecule has 0 amide bonds. The number of aliphatic carboxylic acids is 1. The maximum atomic E-state index is 10.6. The molecule has 1 heterocycles. The Bertz CT molecular complexity index is 354. The average Bonchev–Trinajstić information content (AvgIpc) is 2.49. The van der Waals surface area contributed by atoms with Gasteiger partial charge in [0.2, 0.25) is 0 Å². The van der Waals surface area contributed by atoms with Gasteiger partial charge in [-0.15, -0.1) is 11.3 Å². The van der Waals surface area contributed by atoms with E-state index in [1.807, 2.05) is 0 Å². The van der Waals surface area contributed by atoms with E-state index in [2.05, 4.69) is 4.98 Å². The third-order valence-corrected chi connectivity index (χ3v) is 2.77. The van der Waals surface area contributed by atoms with E-state index in [4.69, 9.17) is 5.11 Å². The molecule has 0 unspecified atom stereocenters. The van der Waals surface area contributed by atoms with Gasteiger partial charge >= 0.3 is 5.97 Å². The third-order valence-electron chi connectivity index (χ3n) is 1.89. The molecule has 1 aliphatic carbocycles. The first-order valence-corrected chi connectivity index (χ1v) is 4.49. The first kappa shape index (κ1) is 7.49. The standard InChI is InChI=1S/C8H7NO2S/c10-8(11)5-1-2-6-7(3-5)12-4-9-6/h1,4H,2-3H2,(H,10,11). The molecule has 1 aromatic rings. The van der Waals surface area contributed by atoms with Crippen LogP contribution in [-0.4, -0.2) is 16.1 Å². The monoisotopic (exact) mass is 181 g/mol. The molecule has 62 valence electrons. The summed E-state index contributed by atoms with van der Waals surface area (Å²) in [6.45, 7) is 0. The van der Waals surface area contributed by atoms with Crippen molar-refractivity contribution in [2.24, 2.45) is 0 Å². The molecule has 0 atom stereocenters. The first-order chi connectivity index (χ1) is 5.77. The summed E-state index contributed by atoms with van der Waals surface area (Å²) in [6, 6.07) is 0. The zero-order valence-corrected chi connectivity index (χ0v) is 7.10. The van der Waals surface area contributed by atoms with E-state index in [0.717, 1.165) is 10.6 Å². The molecule has 0 spiro atoms. The van der Waals surface area contributed by atoms with Crippen LogP contribution in [0.15, 0.2) is 17.2 Å². The van der Waals surface area contributed by atoms with Gasteiger partial charge in [0.25, 0.3) is 0 Å². The highest BCUT2D eigenvalue weighted by Crippen LogP contribution is 2.23. The Morgan fingerprint density at radius 2 is 2.50 bits per heavy atom. The smallest absolute Gasteiger partial charge is 0.331 e. The SMILES string of the molecule is O=C(O)C1=CCc2ncsc2C1. The number of carboxylic acids is 1. The lowest BCUT2D eigenvalue weighted by Crippen LogP contribution is -2.08. The van der Waals surface area contributed by atoms with E-state index in [9.17, 15) is 4.79 Å². The molecule has 0 fully saturated rings. The minimum Gasteiger partial charge on any atom is -0.478 e. The van der Waals surface area contributed by atoms with Crippen LogP contribution in [0.5, 0.6) is 0 Å². The molecule has 0 aliphatic heterocycles. The lowest BCUT2D eigenvalue weighted by molar-refractivity contribution is -0.132. The number of thiazole rings is 1. The van der Waals surface area contributed by atoms with Crippen molar-refractivity contribution < 1.29 is 9.90 Å². The molecular weight excluding hydrogens is 174 g/mol. The summed E-state index contributed by atoms with van der Waals surface area (Å²) in [5.41, 5.74) is 3.29. The maximum Gasteiger partial charge on any atom is 0.331 e. The molecule has 4 heteroatoms. The molecular formula is C8H7NO2S. The normalized spacial score (nSPS) is 15.2. The molecule has 0 aromatic carbocycles. The van der Waals surface area contributed by atoms with Gasteiger partial charge in [0.15, 0.2) is 0 Å². The highest BCUT2D eigenvalue weighted by atomic mass is 32.1. The van der Waals surface area contributed by atoms with E-state index in [1.54, 1.807) is 11.6 Å². The van der Waals surface area contributed by atoms with Crippen LogP contribution in [-0.2, 0) is 17.6 Å². The van der Waals surface area contributed by atoms with Crippen molar-refractivity contribution in [1.29, 1.82) is 0 Å². The van der Waals surface area contributed by atoms with Gasteiger partial charge in [-0.2, -0.15) is 0 Å². The van der Waals surface area contributed by atoms with Crippen molar-refractivity contribution in [1.82, 2.24) is 4.98 Å². The second kappa shape index (κ2) is 2.71. The minimum atomic E-state index is -0.811. The maximum absolute atomic E-state index is 10.6. The molecule has 1 aliphatic rings. The quantitative estimate of drug-likeness (QED) is 0.709. The lowest BCUT2D eigenvalue weighted by Gasteiger charge is -2.07. The Morgan fingerprint density at radius 3 is 3.25 bits per heavy atom. The molecule has 1 aromatic heterocycles. The fourth-order valence-electron chi connectivity index (χ4n) is 1.23. The predicted octanol–water partition coefficient (Wildman–Crippen LogP) is 1.25. The molecule has 3 nitrogen and oxygen atoms in total. The Morgan fingerprint density at radius 1 is 1.67 bits per heavy atom. The van der Waals surface area contributed by atoms with Crippen LogP contribution in [0.1, 0.15) is 10.6 Å². The molecule has 2 rings (SSSR count). The minimum absolute atomic E-state index is 0.492. The van der Waals surface area contributed by atoms with Gasteiger partial charge in [-0.25, -0.2) is 9.78 Å². The Balaban J connectivity index is 2.29. The van der Waals surface area contributed by atoms with Gasteiger partial charge in [-0.3, -0.25) is 0 Å². The van der Waals surface area contributed by atoms with Crippen molar-refractivity contribution in [3.63, 3.8) is 0 Å². The molecule has 0 radical (unpaired) electrons. The zero-order valence-electron chi connectivity index (χ0n) is 6.28. The van der Waals surface area contributed by atoms with E-state index in [-0.39, 0.29) is 0 Å². The van der Waals surface area contributed by atoms with Gasteiger partial charge in [0.1, 0.15) is 0 Å². The number of carbonyl (C=O) groups is 1. The van der Waals surface area contributed by atoms with Crippen molar-refractivity contribution in [2.75, 3.05) is 0 Å². The number of allylic oxidation sites excluding steroid dienone is 1. The van der Waals surface area contributed by atoms with E-state index in [1.165, 1.54) is 11.3 Å². The number of hydrogen-bond acceptors (Lipinski definition) is 3.